The number of nitrogens with zero attached hydrogens (tertiary/aromatic N) is 1. The summed E-state index contributed by atoms with van der Waals surface area (Å²) in [6.45, 7) is 3.11. The number of ether oxygens (including phenoxy) is 1. The monoisotopic (exact) mass is 345 g/mol. The van der Waals surface area contributed by atoms with Crippen LogP contribution >= 0.6 is 0 Å². The van der Waals surface area contributed by atoms with E-state index < -0.39 is 17.5 Å². The molecule has 5 heteroatoms. The summed E-state index contributed by atoms with van der Waals surface area (Å²) < 4.78 is 32.9. The summed E-state index contributed by atoms with van der Waals surface area (Å²) in [4.78, 5) is 14.3. The van der Waals surface area contributed by atoms with Crippen molar-refractivity contribution in [1.82, 2.24) is 4.90 Å². The Balaban J connectivity index is 1.83. The van der Waals surface area contributed by atoms with E-state index in [1.165, 1.54) is 30.4 Å². The second-order valence-electron chi connectivity index (χ2n) is 6.39. The summed E-state index contributed by atoms with van der Waals surface area (Å²) in [5.41, 5.74) is 2.15. The van der Waals surface area contributed by atoms with Crippen LogP contribution in [0.4, 0.5) is 8.78 Å². The summed E-state index contributed by atoms with van der Waals surface area (Å²) in [7, 11) is 1.26. The molecule has 0 radical (unpaired) electrons. The van der Waals surface area contributed by atoms with E-state index in [2.05, 4.69) is 19.1 Å². The molecule has 1 heterocycles. The maximum atomic E-state index is 14.2. The van der Waals surface area contributed by atoms with Gasteiger partial charge in [-0.3, -0.25) is 4.79 Å². The number of methoxy groups -OCH3 is 1. The molecule has 2 aromatic rings. The highest BCUT2D eigenvalue weighted by molar-refractivity contribution is 5.94. The van der Waals surface area contributed by atoms with Crippen molar-refractivity contribution < 1.29 is 18.3 Å². The van der Waals surface area contributed by atoms with E-state index in [1.54, 1.807) is 4.90 Å². The van der Waals surface area contributed by atoms with Gasteiger partial charge in [-0.15, -0.1) is 0 Å². The van der Waals surface area contributed by atoms with Gasteiger partial charge in [-0.2, -0.15) is 4.39 Å². The molecule has 1 saturated heterocycles. The Hall–Kier alpha value is -2.43. The molecule has 132 valence electrons. The van der Waals surface area contributed by atoms with E-state index in [0.717, 1.165) is 12.8 Å². The fraction of sp³-hybridized carbons (Fsp3) is 0.350. The lowest BCUT2D eigenvalue weighted by atomic mass is 9.88. The van der Waals surface area contributed by atoms with Crippen LogP contribution in [0.5, 0.6) is 5.75 Å². The Kier molecular flexibility index (Phi) is 5.02. The maximum absolute atomic E-state index is 14.2. The van der Waals surface area contributed by atoms with E-state index >= 15 is 0 Å². The average Bonchev–Trinajstić information content (AvgIpc) is 2.64. The number of amides is 1. The van der Waals surface area contributed by atoms with E-state index in [0.29, 0.717) is 13.1 Å². The van der Waals surface area contributed by atoms with E-state index in [-0.39, 0.29) is 17.2 Å². The second kappa shape index (κ2) is 7.21. The van der Waals surface area contributed by atoms with Gasteiger partial charge >= 0.3 is 0 Å². The summed E-state index contributed by atoms with van der Waals surface area (Å²) in [6, 6.07) is 10.7. The van der Waals surface area contributed by atoms with E-state index in [1.807, 2.05) is 12.1 Å². The quantitative estimate of drug-likeness (QED) is 0.830. The first-order valence-electron chi connectivity index (χ1n) is 8.39. The molecule has 0 spiro atoms. The molecule has 2 aromatic carbocycles. The third-order valence-corrected chi connectivity index (χ3v) is 4.83. The summed E-state index contributed by atoms with van der Waals surface area (Å²) in [5.74, 6) is -2.74. The summed E-state index contributed by atoms with van der Waals surface area (Å²) in [5, 5.41) is 0. The molecule has 1 aliphatic heterocycles. The molecule has 0 N–H and O–H groups in total. The normalized spacial score (nSPS) is 17.4. The van der Waals surface area contributed by atoms with Crippen LogP contribution in [0.1, 0.15) is 40.2 Å². The number of rotatable bonds is 3. The van der Waals surface area contributed by atoms with Crippen LogP contribution in [-0.2, 0) is 0 Å². The van der Waals surface area contributed by atoms with Crippen molar-refractivity contribution in [3.05, 3.63) is 64.7 Å². The fourth-order valence-electron chi connectivity index (χ4n) is 3.49. The van der Waals surface area contributed by atoms with Crippen molar-refractivity contribution in [3.63, 3.8) is 0 Å². The molecule has 0 saturated carbocycles. The lowest BCUT2D eigenvalue weighted by molar-refractivity contribution is 0.0701. The Bertz CT molecular complexity index is 791. The number of likely N-dealkylation sites (tertiary alicyclic amines) is 1. The number of hydrogen-bond donors (Lipinski definition) is 0. The summed E-state index contributed by atoms with van der Waals surface area (Å²) in [6.07, 6.45) is 1.82. The predicted molar refractivity (Wildman–Crippen MR) is 92.0 cm³/mol. The van der Waals surface area contributed by atoms with Crippen molar-refractivity contribution in [1.29, 1.82) is 0 Å². The van der Waals surface area contributed by atoms with Crippen LogP contribution in [0.2, 0.25) is 0 Å². The zero-order chi connectivity index (χ0) is 18.0. The highest BCUT2D eigenvalue weighted by atomic mass is 19.2. The zero-order valence-corrected chi connectivity index (χ0v) is 14.4. The van der Waals surface area contributed by atoms with Crippen molar-refractivity contribution >= 4 is 5.91 Å². The van der Waals surface area contributed by atoms with Crippen molar-refractivity contribution in [2.45, 2.75) is 25.7 Å². The first-order chi connectivity index (χ1) is 12.0. The molecule has 0 bridgehead atoms. The molecule has 0 aliphatic carbocycles. The van der Waals surface area contributed by atoms with Crippen molar-refractivity contribution in [2.24, 2.45) is 0 Å². The Morgan fingerprint density at radius 3 is 2.64 bits per heavy atom. The first kappa shape index (κ1) is 17.4. The number of carbonyl (C=O) groups excluding carboxylic acids is 1. The molecular weight excluding hydrogens is 324 g/mol. The van der Waals surface area contributed by atoms with Crippen molar-refractivity contribution in [3.8, 4) is 5.75 Å². The minimum Gasteiger partial charge on any atom is -0.494 e. The van der Waals surface area contributed by atoms with Crippen LogP contribution in [-0.4, -0.2) is 31.0 Å². The van der Waals surface area contributed by atoms with Gasteiger partial charge < -0.3 is 9.64 Å². The average molecular weight is 345 g/mol. The Morgan fingerprint density at radius 1 is 1.16 bits per heavy atom. The molecule has 3 rings (SSSR count). The van der Waals surface area contributed by atoms with Gasteiger partial charge in [0, 0.05) is 19.0 Å². The lowest BCUT2D eigenvalue weighted by Crippen LogP contribution is -2.39. The number of carbonyl (C=O) groups is 1. The van der Waals surface area contributed by atoms with Gasteiger partial charge in [0.2, 0.25) is 5.82 Å². The van der Waals surface area contributed by atoms with Gasteiger partial charge in [0.25, 0.3) is 5.91 Å². The smallest absolute Gasteiger partial charge is 0.256 e. The number of benzene rings is 2. The molecule has 25 heavy (non-hydrogen) atoms. The minimum absolute atomic E-state index is 0.203. The Morgan fingerprint density at radius 2 is 1.92 bits per heavy atom. The van der Waals surface area contributed by atoms with Crippen LogP contribution in [0.25, 0.3) is 0 Å². The van der Waals surface area contributed by atoms with Crippen LogP contribution in [0, 0.1) is 18.6 Å². The maximum Gasteiger partial charge on any atom is 0.256 e. The highest BCUT2D eigenvalue weighted by Gasteiger charge is 2.29. The van der Waals surface area contributed by atoms with E-state index in [9.17, 15) is 13.6 Å². The van der Waals surface area contributed by atoms with Crippen LogP contribution in [0.3, 0.4) is 0 Å². The first-order valence-corrected chi connectivity index (χ1v) is 8.39. The SMILES string of the molecule is COc1ccc(C(=O)N2CCC[C@@H](c3ccccc3C)C2)c(F)c1F. The zero-order valence-electron chi connectivity index (χ0n) is 14.4. The molecule has 0 unspecified atom stereocenters. The number of aryl methyl sites for hydroxylation is 1. The van der Waals surface area contributed by atoms with Crippen LogP contribution in [0.15, 0.2) is 36.4 Å². The van der Waals surface area contributed by atoms with Crippen molar-refractivity contribution in [2.75, 3.05) is 20.2 Å². The molecule has 0 aromatic heterocycles. The standard InChI is InChI=1S/C20H21F2NO2/c1-13-6-3-4-8-15(13)14-7-5-11-23(12-14)20(24)16-9-10-17(25-2)19(22)18(16)21/h3-4,6,8-10,14H,5,7,11-12H2,1-2H3/t14-/m1/s1. The number of hydrogen-bond acceptors (Lipinski definition) is 2. The van der Waals surface area contributed by atoms with Gasteiger partial charge in [-0.1, -0.05) is 24.3 Å². The Labute approximate surface area is 146 Å². The third-order valence-electron chi connectivity index (χ3n) is 4.83. The fourth-order valence-corrected chi connectivity index (χ4v) is 3.49. The molecule has 1 fully saturated rings. The van der Waals surface area contributed by atoms with Gasteiger partial charge in [-0.05, 0) is 43.0 Å². The topological polar surface area (TPSA) is 29.5 Å². The molecule has 1 atom stereocenters. The molecule has 1 aliphatic rings. The molecule has 3 nitrogen and oxygen atoms in total. The van der Waals surface area contributed by atoms with Gasteiger partial charge in [-0.25, -0.2) is 4.39 Å². The van der Waals surface area contributed by atoms with Gasteiger partial charge in [0.1, 0.15) is 0 Å². The molecule has 1 amide bonds. The van der Waals surface area contributed by atoms with Gasteiger partial charge in [0.15, 0.2) is 11.6 Å². The van der Waals surface area contributed by atoms with Crippen LogP contribution < -0.4 is 4.74 Å². The molecular formula is C20H21F2NO2. The van der Waals surface area contributed by atoms with Gasteiger partial charge in [0.05, 0.1) is 12.7 Å². The number of piperidine rings is 1. The third kappa shape index (κ3) is 3.36. The second-order valence-corrected chi connectivity index (χ2v) is 6.39. The number of halogens is 2. The van der Waals surface area contributed by atoms with E-state index in [4.69, 9.17) is 4.74 Å². The highest BCUT2D eigenvalue weighted by Crippen LogP contribution is 2.31. The lowest BCUT2D eigenvalue weighted by Gasteiger charge is -2.34. The minimum atomic E-state index is -1.15. The largest absolute Gasteiger partial charge is 0.494 e. The summed E-state index contributed by atoms with van der Waals surface area (Å²) >= 11 is 0. The predicted octanol–water partition coefficient (Wildman–Crippen LogP) is 4.30.